The monoisotopic (exact) mass is 472 g/mol. The zero-order chi connectivity index (χ0) is 25.0. The summed E-state index contributed by atoms with van der Waals surface area (Å²) in [6.07, 6.45) is -0.269. The molecule has 0 bridgehead atoms. The molecule has 0 aromatic carbocycles. The highest BCUT2D eigenvalue weighted by Crippen LogP contribution is 2.22. The van der Waals surface area contributed by atoms with E-state index in [2.05, 4.69) is 20.0 Å². The molecule has 34 heavy (non-hydrogen) atoms. The molecule has 2 N–H and O–H groups in total. The van der Waals surface area contributed by atoms with Gasteiger partial charge < -0.3 is 24.0 Å². The van der Waals surface area contributed by atoms with Crippen LogP contribution in [0.3, 0.4) is 0 Å². The standard InChI is InChI=1S/C12H12N2O5.C9H8N2O4/c1-3-18-8(15)4-7-5-9(16)19-12-10(7)11(17)13-6(2)14-12;1-4-10-8(14)7-5(3-12)2-6(13)15-9(7)11-4/h5H,3-4H2,1-2H3,(H,13,14,17);12H,2-3H2,1H3. The second-order valence-electron chi connectivity index (χ2n) is 7.07. The fourth-order valence-electron chi connectivity index (χ4n) is 3.20. The molecule has 13 nitrogen and oxygen atoms in total. The van der Waals surface area contributed by atoms with Gasteiger partial charge in [0.2, 0.25) is 11.6 Å². The van der Waals surface area contributed by atoms with Crippen molar-refractivity contribution < 1.29 is 33.4 Å². The summed E-state index contributed by atoms with van der Waals surface area (Å²) < 4.78 is 14.5. The van der Waals surface area contributed by atoms with Crippen LogP contribution in [-0.2, 0) is 30.3 Å². The molecule has 0 unspecified atom stereocenters. The highest BCUT2D eigenvalue weighted by molar-refractivity contribution is 6.29. The predicted molar refractivity (Wildman–Crippen MR) is 116 cm³/mol. The van der Waals surface area contributed by atoms with Crippen LogP contribution in [0.25, 0.3) is 11.1 Å². The Labute approximate surface area is 190 Å². The van der Waals surface area contributed by atoms with Crippen LogP contribution in [0.1, 0.15) is 31.7 Å². The third-order valence-electron chi connectivity index (χ3n) is 4.52. The van der Waals surface area contributed by atoms with Crippen LogP contribution in [-0.4, -0.2) is 57.9 Å². The molecule has 2 aliphatic rings. The van der Waals surface area contributed by atoms with E-state index in [9.17, 15) is 24.0 Å². The zero-order valence-corrected chi connectivity index (χ0v) is 18.5. The lowest BCUT2D eigenvalue weighted by Gasteiger charge is -2.20. The van der Waals surface area contributed by atoms with E-state index in [0.29, 0.717) is 11.4 Å². The number of H-pyrrole nitrogens is 1. The smallest absolute Gasteiger partial charge is 0.337 e. The normalized spacial score (nSPS) is 15.1. The van der Waals surface area contributed by atoms with Gasteiger partial charge >= 0.3 is 17.6 Å². The van der Waals surface area contributed by atoms with Crippen molar-refractivity contribution in [3.05, 3.63) is 49.4 Å². The van der Waals surface area contributed by atoms with Gasteiger partial charge in [-0.05, 0) is 31.9 Å². The summed E-state index contributed by atoms with van der Waals surface area (Å²) in [5, 5.41) is 9.11. The van der Waals surface area contributed by atoms with Gasteiger partial charge in [-0.3, -0.25) is 19.2 Å². The average molecular weight is 472 g/mol. The van der Waals surface area contributed by atoms with Gasteiger partial charge in [0, 0.05) is 6.07 Å². The van der Waals surface area contributed by atoms with Gasteiger partial charge in [-0.25, -0.2) is 4.79 Å². The zero-order valence-electron chi connectivity index (χ0n) is 18.5. The molecule has 0 fully saturated rings. The summed E-state index contributed by atoms with van der Waals surface area (Å²) in [6.45, 7) is 4.63. The Morgan fingerprint density at radius 1 is 1.21 bits per heavy atom. The fourth-order valence-corrected chi connectivity index (χ4v) is 3.20. The number of carbonyl (C=O) groups is 3. The van der Waals surface area contributed by atoms with E-state index in [0.717, 1.165) is 6.07 Å². The molecule has 1 amide bonds. The van der Waals surface area contributed by atoms with Crippen molar-refractivity contribution in [1.29, 1.82) is 0 Å². The first-order chi connectivity index (χ1) is 16.1. The SMILES string of the molecule is CC1=NC(=O)C2=C(CO)CC(=O)OC2=N1.CCOC(=O)Cc1cc(=O)oc2nc(C)[nH]c(=O)c12. The Kier molecular flexibility index (Phi) is 7.26. The number of amides is 1. The summed E-state index contributed by atoms with van der Waals surface area (Å²) in [5.41, 5.74) is -0.518. The number of rotatable bonds is 4. The second-order valence-corrected chi connectivity index (χ2v) is 7.07. The summed E-state index contributed by atoms with van der Waals surface area (Å²) in [6, 6.07) is 1.10. The molecule has 0 saturated carbocycles. The van der Waals surface area contributed by atoms with Gasteiger partial charge in [-0.15, -0.1) is 0 Å². The number of amidine groups is 1. The number of aryl methyl sites for hydroxylation is 1. The maximum Gasteiger partial charge on any atom is 0.337 e. The molecule has 0 spiro atoms. The number of hydrogen-bond donors (Lipinski definition) is 2. The topological polar surface area (TPSA) is 191 Å². The predicted octanol–water partition coefficient (Wildman–Crippen LogP) is -0.130. The first-order valence-electron chi connectivity index (χ1n) is 10.0. The van der Waals surface area contributed by atoms with Gasteiger partial charge in [0.1, 0.15) is 22.6 Å². The van der Waals surface area contributed by atoms with E-state index in [1.165, 1.54) is 6.92 Å². The van der Waals surface area contributed by atoms with Crippen LogP contribution < -0.4 is 11.2 Å². The molecule has 178 valence electrons. The number of aromatic nitrogens is 2. The van der Waals surface area contributed by atoms with Gasteiger partial charge in [0.15, 0.2) is 0 Å². The summed E-state index contributed by atoms with van der Waals surface area (Å²) in [5.74, 6) is -1.04. The molecule has 0 saturated heterocycles. The highest BCUT2D eigenvalue weighted by atomic mass is 16.5. The Balaban J connectivity index is 0.000000196. The van der Waals surface area contributed by atoms with Crippen LogP contribution in [0.5, 0.6) is 0 Å². The average Bonchev–Trinajstić information content (AvgIpc) is 2.72. The number of nitrogens with one attached hydrogen (secondary N) is 1. The number of carbonyl (C=O) groups excluding carboxylic acids is 3. The van der Waals surface area contributed by atoms with Crippen molar-refractivity contribution in [3.63, 3.8) is 0 Å². The van der Waals surface area contributed by atoms with E-state index in [4.69, 9.17) is 19.0 Å². The van der Waals surface area contributed by atoms with Crippen molar-refractivity contribution in [1.82, 2.24) is 9.97 Å². The van der Waals surface area contributed by atoms with Crippen LogP contribution in [0.4, 0.5) is 0 Å². The van der Waals surface area contributed by atoms with E-state index in [1.54, 1.807) is 13.8 Å². The van der Waals surface area contributed by atoms with Crippen LogP contribution in [0.2, 0.25) is 0 Å². The number of hydrogen-bond acceptors (Lipinski definition) is 11. The molecule has 4 heterocycles. The van der Waals surface area contributed by atoms with Gasteiger partial charge in [0.05, 0.1) is 26.1 Å². The lowest BCUT2D eigenvalue weighted by Crippen LogP contribution is -2.30. The Morgan fingerprint density at radius 3 is 2.62 bits per heavy atom. The minimum atomic E-state index is -0.663. The molecule has 2 aliphatic heterocycles. The van der Waals surface area contributed by atoms with E-state index in [-0.39, 0.29) is 60.0 Å². The Bertz CT molecular complexity index is 1400. The first kappa shape index (κ1) is 24.4. The van der Waals surface area contributed by atoms with Crippen molar-refractivity contribution in [2.24, 2.45) is 9.98 Å². The Hall–Kier alpha value is -4.26. The summed E-state index contributed by atoms with van der Waals surface area (Å²) >= 11 is 0. The largest absolute Gasteiger partial charge is 0.466 e. The van der Waals surface area contributed by atoms with Crippen LogP contribution in [0.15, 0.2) is 41.2 Å². The van der Waals surface area contributed by atoms with Gasteiger partial charge in [-0.2, -0.15) is 15.0 Å². The number of ether oxygens (including phenoxy) is 2. The number of aliphatic imine (C=N–C) groups is 2. The van der Waals surface area contributed by atoms with Crippen molar-refractivity contribution in [2.75, 3.05) is 13.2 Å². The van der Waals surface area contributed by atoms with Gasteiger partial charge in [-0.1, -0.05) is 0 Å². The second kappa shape index (κ2) is 10.1. The number of aromatic amines is 1. The third-order valence-corrected chi connectivity index (χ3v) is 4.52. The molecule has 2 aromatic rings. The lowest BCUT2D eigenvalue weighted by atomic mass is 10.0. The molecule has 0 radical (unpaired) electrons. The third kappa shape index (κ3) is 5.38. The maximum absolute atomic E-state index is 11.9. The van der Waals surface area contributed by atoms with Crippen molar-refractivity contribution >= 4 is 40.7 Å². The quantitative estimate of drug-likeness (QED) is 0.567. The number of nitrogens with zero attached hydrogens (tertiary/aromatic N) is 3. The van der Waals surface area contributed by atoms with E-state index < -0.39 is 29.0 Å². The highest BCUT2D eigenvalue weighted by Gasteiger charge is 2.32. The number of aliphatic hydroxyl groups is 1. The summed E-state index contributed by atoms with van der Waals surface area (Å²) in [7, 11) is 0. The molecule has 2 aromatic heterocycles. The van der Waals surface area contributed by atoms with Crippen molar-refractivity contribution in [2.45, 2.75) is 33.6 Å². The molecule has 4 rings (SSSR count). The minimum Gasteiger partial charge on any atom is -0.466 e. The maximum atomic E-state index is 11.9. The fraction of sp³-hybridized carbons (Fsp3) is 0.333. The number of esters is 2. The molecule has 13 heteroatoms. The molecular weight excluding hydrogens is 452 g/mol. The molecule has 0 aliphatic carbocycles. The Morgan fingerprint density at radius 2 is 1.94 bits per heavy atom. The number of fused-ring (bicyclic) bond motifs is 2. The molecular formula is C21H20N4O9. The van der Waals surface area contributed by atoms with Crippen LogP contribution >= 0.6 is 0 Å². The number of aliphatic hydroxyl groups excluding tert-OH is 1. The van der Waals surface area contributed by atoms with Crippen molar-refractivity contribution in [3.8, 4) is 0 Å². The van der Waals surface area contributed by atoms with Gasteiger partial charge in [0.25, 0.3) is 11.5 Å². The molecule has 0 atom stereocenters. The first-order valence-corrected chi connectivity index (χ1v) is 10.0. The van der Waals surface area contributed by atoms with E-state index >= 15 is 0 Å². The lowest BCUT2D eigenvalue weighted by molar-refractivity contribution is -0.142. The van der Waals surface area contributed by atoms with Crippen LogP contribution in [0, 0.1) is 6.92 Å². The summed E-state index contributed by atoms with van der Waals surface area (Å²) in [4.78, 5) is 71.2. The van der Waals surface area contributed by atoms with E-state index in [1.807, 2.05) is 0 Å². The minimum absolute atomic E-state index is 0.0483.